The Balaban J connectivity index is 2.13. The second-order valence-electron chi connectivity index (χ2n) is 11.0. The van der Waals surface area contributed by atoms with Crippen molar-refractivity contribution in [1.29, 1.82) is 0 Å². The van der Waals surface area contributed by atoms with Gasteiger partial charge in [-0.05, 0) is 53.1 Å². The number of aliphatic hydroxyl groups excluding tert-OH is 1. The maximum atomic E-state index is 14.4. The molecule has 0 spiro atoms. The zero-order valence-electron chi connectivity index (χ0n) is 19.1. The number of aliphatic hydroxyl groups is 1. The molecule has 1 fully saturated rings. The van der Waals surface area contributed by atoms with E-state index in [0.717, 1.165) is 29.7 Å². The van der Waals surface area contributed by atoms with Crippen molar-refractivity contribution in [3.05, 3.63) is 23.0 Å². The molecule has 3 unspecified atom stereocenters. The van der Waals surface area contributed by atoms with Gasteiger partial charge in [-0.2, -0.15) is 0 Å². The lowest BCUT2D eigenvalue weighted by Gasteiger charge is -2.38. The lowest BCUT2D eigenvalue weighted by atomic mass is 9.71. The van der Waals surface area contributed by atoms with E-state index in [-0.39, 0.29) is 17.4 Å². The summed E-state index contributed by atoms with van der Waals surface area (Å²) in [5.41, 5.74) is 1.90. The molecule has 2 aliphatic rings. The van der Waals surface area contributed by atoms with E-state index >= 15 is 0 Å². The van der Waals surface area contributed by atoms with E-state index in [1.165, 1.54) is 0 Å². The summed E-state index contributed by atoms with van der Waals surface area (Å²) < 4.78 is 49.1. The van der Waals surface area contributed by atoms with E-state index in [9.17, 15) is 18.3 Å². The molecular weight excluding hydrogens is 377 g/mol. The highest BCUT2D eigenvalue weighted by molar-refractivity contribution is 5.41. The molecule has 5 heteroatoms. The fraction of sp³-hybridized carbons (Fsp3) is 0.833. The SMILES string of the molecule is CC1C=C(C(C)(C)C)C(OCCC(F)C(F)(F)C(O)C2CCC2)=C(C(C)(C)C)C1. The lowest BCUT2D eigenvalue weighted by Crippen LogP contribution is -2.48. The topological polar surface area (TPSA) is 29.5 Å². The van der Waals surface area contributed by atoms with Crippen LogP contribution in [0.3, 0.4) is 0 Å². The smallest absolute Gasteiger partial charge is 0.304 e. The second kappa shape index (κ2) is 8.64. The molecule has 0 heterocycles. The van der Waals surface area contributed by atoms with Gasteiger partial charge in [0.05, 0.1) is 6.61 Å². The molecule has 0 saturated heterocycles. The fourth-order valence-corrected chi connectivity index (χ4v) is 4.11. The van der Waals surface area contributed by atoms with Gasteiger partial charge in [0.2, 0.25) is 0 Å². The fourth-order valence-electron chi connectivity index (χ4n) is 4.11. The summed E-state index contributed by atoms with van der Waals surface area (Å²) in [5, 5.41) is 9.89. The highest BCUT2D eigenvalue weighted by Crippen LogP contribution is 2.45. The van der Waals surface area contributed by atoms with Crippen LogP contribution >= 0.6 is 0 Å². The minimum Gasteiger partial charge on any atom is -0.493 e. The molecule has 0 amide bonds. The monoisotopic (exact) mass is 416 g/mol. The maximum Gasteiger partial charge on any atom is 0.304 e. The number of allylic oxidation sites excluding steroid dienone is 3. The molecule has 1 N–H and O–H groups in total. The third kappa shape index (κ3) is 5.59. The average Bonchev–Trinajstić information content (AvgIpc) is 2.51. The summed E-state index contributed by atoms with van der Waals surface area (Å²) in [6, 6.07) is 0. The molecule has 0 aromatic heterocycles. The Morgan fingerprint density at radius 1 is 1.10 bits per heavy atom. The van der Waals surface area contributed by atoms with Crippen LogP contribution in [0.5, 0.6) is 0 Å². The van der Waals surface area contributed by atoms with Crippen molar-refractivity contribution in [2.24, 2.45) is 22.7 Å². The zero-order valence-corrected chi connectivity index (χ0v) is 19.1. The summed E-state index contributed by atoms with van der Waals surface area (Å²) in [6.45, 7) is 14.7. The summed E-state index contributed by atoms with van der Waals surface area (Å²) in [6.07, 6.45) is 0.171. The van der Waals surface area contributed by atoms with Crippen molar-refractivity contribution >= 4 is 0 Å². The number of hydrogen-bond acceptors (Lipinski definition) is 2. The molecule has 29 heavy (non-hydrogen) atoms. The summed E-state index contributed by atoms with van der Waals surface area (Å²) >= 11 is 0. The maximum absolute atomic E-state index is 14.4. The van der Waals surface area contributed by atoms with Gasteiger partial charge in [0.25, 0.3) is 0 Å². The van der Waals surface area contributed by atoms with Crippen LogP contribution < -0.4 is 0 Å². The van der Waals surface area contributed by atoms with E-state index in [0.29, 0.717) is 18.8 Å². The highest BCUT2D eigenvalue weighted by atomic mass is 19.3. The third-order valence-corrected chi connectivity index (χ3v) is 6.24. The highest BCUT2D eigenvalue weighted by Gasteiger charge is 2.51. The van der Waals surface area contributed by atoms with Crippen molar-refractivity contribution in [3.63, 3.8) is 0 Å². The van der Waals surface area contributed by atoms with E-state index in [2.05, 4.69) is 54.5 Å². The van der Waals surface area contributed by atoms with Gasteiger partial charge in [0.15, 0.2) is 6.17 Å². The van der Waals surface area contributed by atoms with Crippen LogP contribution in [0.25, 0.3) is 0 Å². The molecule has 0 radical (unpaired) electrons. The van der Waals surface area contributed by atoms with Crippen LogP contribution in [0.4, 0.5) is 13.2 Å². The van der Waals surface area contributed by atoms with Gasteiger partial charge in [-0.15, -0.1) is 0 Å². The van der Waals surface area contributed by atoms with Crippen LogP contribution in [0.1, 0.15) is 80.6 Å². The standard InChI is InChI=1S/C24H39F3O2/c1-15-13-17(22(2,3)4)20(18(14-15)23(5,6)7)29-12-11-19(25)24(26,27)21(28)16-9-8-10-16/h13,15-16,19,21,28H,8-12,14H2,1-7H3. The van der Waals surface area contributed by atoms with Crippen molar-refractivity contribution in [1.82, 2.24) is 0 Å². The number of hydrogen-bond donors (Lipinski definition) is 1. The van der Waals surface area contributed by atoms with Gasteiger partial charge in [0.1, 0.15) is 11.9 Å². The van der Waals surface area contributed by atoms with Crippen molar-refractivity contribution < 1.29 is 23.0 Å². The molecule has 2 nitrogen and oxygen atoms in total. The van der Waals surface area contributed by atoms with Crippen molar-refractivity contribution in [3.8, 4) is 0 Å². The van der Waals surface area contributed by atoms with Gasteiger partial charge in [-0.3, -0.25) is 0 Å². The number of alkyl halides is 3. The molecule has 0 bridgehead atoms. The Bertz CT molecular complexity index is 633. The Hall–Kier alpha value is -0.970. The number of halogens is 3. The van der Waals surface area contributed by atoms with Crippen LogP contribution in [0.2, 0.25) is 0 Å². The molecule has 3 atom stereocenters. The first-order valence-corrected chi connectivity index (χ1v) is 10.9. The van der Waals surface area contributed by atoms with Gasteiger partial charge in [0, 0.05) is 6.42 Å². The van der Waals surface area contributed by atoms with Gasteiger partial charge >= 0.3 is 5.92 Å². The molecule has 2 rings (SSSR count). The predicted octanol–water partition coefficient (Wildman–Crippen LogP) is 6.84. The number of ether oxygens (including phenoxy) is 1. The Morgan fingerprint density at radius 2 is 1.69 bits per heavy atom. The summed E-state index contributed by atoms with van der Waals surface area (Å²) in [4.78, 5) is 0. The minimum absolute atomic E-state index is 0.131. The molecule has 168 valence electrons. The van der Waals surface area contributed by atoms with Crippen LogP contribution in [0, 0.1) is 22.7 Å². The van der Waals surface area contributed by atoms with Crippen LogP contribution in [0.15, 0.2) is 23.0 Å². The van der Waals surface area contributed by atoms with Gasteiger partial charge in [-0.25, -0.2) is 13.2 Å². The van der Waals surface area contributed by atoms with E-state index in [1.807, 2.05) is 0 Å². The van der Waals surface area contributed by atoms with Crippen LogP contribution in [-0.2, 0) is 4.74 Å². The minimum atomic E-state index is -3.74. The van der Waals surface area contributed by atoms with E-state index in [4.69, 9.17) is 4.74 Å². The van der Waals surface area contributed by atoms with Crippen molar-refractivity contribution in [2.75, 3.05) is 6.61 Å². The van der Waals surface area contributed by atoms with E-state index in [1.54, 1.807) is 0 Å². The summed E-state index contributed by atoms with van der Waals surface area (Å²) in [7, 11) is 0. The molecule has 0 aromatic carbocycles. The molecule has 2 aliphatic carbocycles. The van der Waals surface area contributed by atoms with E-state index < -0.39 is 30.5 Å². The largest absolute Gasteiger partial charge is 0.493 e. The lowest BCUT2D eigenvalue weighted by molar-refractivity contribution is -0.183. The predicted molar refractivity (Wildman–Crippen MR) is 112 cm³/mol. The average molecular weight is 417 g/mol. The van der Waals surface area contributed by atoms with Gasteiger partial charge in [-0.1, -0.05) is 61.0 Å². The third-order valence-electron chi connectivity index (χ3n) is 6.24. The van der Waals surface area contributed by atoms with Crippen molar-refractivity contribution in [2.45, 2.75) is 98.8 Å². The Labute approximate surface area is 174 Å². The summed E-state index contributed by atoms with van der Waals surface area (Å²) in [5.74, 6) is -3.13. The Morgan fingerprint density at radius 3 is 2.14 bits per heavy atom. The first kappa shape index (κ1) is 24.3. The molecule has 0 aliphatic heterocycles. The van der Waals surface area contributed by atoms with Crippen LogP contribution in [-0.4, -0.2) is 29.9 Å². The first-order chi connectivity index (χ1) is 13.2. The zero-order chi connectivity index (χ0) is 22.2. The quantitative estimate of drug-likeness (QED) is 0.492. The molecule has 0 aromatic rings. The normalized spacial score (nSPS) is 24.1. The van der Waals surface area contributed by atoms with Gasteiger partial charge < -0.3 is 9.84 Å². The first-order valence-electron chi connectivity index (χ1n) is 10.9. The second-order valence-corrected chi connectivity index (χ2v) is 11.0. The Kier molecular flexibility index (Phi) is 7.24. The molecular formula is C24H39F3O2. The molecule has 1 saturated carbocycles. The number of rotatable bonds is 7.